The molecule has 0 saturated carbocycles. The summed E-state index contributed by atoms with van der Waals surface area (Å²) in [4.78, 5) is 96.0. The van der Waals surface area contributed by atoms with Crippen LogP contribution >= 0.6 is 0 Å². The zero-order valence-electron chi connectivity index (χ0n) is 78.4. The number of hydrogen-bond acceptors (Lipinski definition) is 21. The lowest BCUT2D eigenvalue weighted by molar-refractivity contribution is -0.165. The Morgan fingerprint density at radius 1 is 0.395 bits per heavy atom. The lowest BCUT2D eigenvalue weighted by atomic mass is 9.65. The Balaban J connectivity index is 0.000000294. The fraction of sp³-hybridized carbons (Fsp3) is 0.758. The van der Waals surface area contributed by atoms with Crippen LogP contribution in [0.5, 0.6) is 0 Å². The molecule has 0 aromatic rings. The van der Waals surface area contributed by atoms with Gasteiger partial charge in [0, 0.05) is 58.3 Å². The maximum absolute atomic E-state index is 12.9. The number of rotatable bonds is 40. The molecular weight excluding hydrogens is 1580 g/mol. The highest BCUT2D eigenvalue weighted by Crippen LogP contribution is 2.50. The Kier molecular flexibility index (Phi) is 46.4. The van der Waals surface area contributed by atoms with Crippen LogP contribution in [0.2, 0.25) is 0 Å². The predicted octanol–water partition coefficient (Wildman–Crippen LogP) is 12.4. The normalized spacial score (nSPS) is 29.8. The number of nitrogens with one attached hydrogen (secondary N) is 4. The highest BCUT2D eigenvalue weighted by atomic mass is 16.6. The van der Waals surface area contributed by atoms with Gasteiger partial charge in [-0.15, -0.1) is 0 Å². The molecule has 0 aliphatic heterocycles. The number of aliphatic hydroxyl groups is 9. The van der Waals surface area contributed by atoms with E-state index in [2.05, 4.69) is 124 Å². The molecule has 4 amide bonds. The zero-order chi connectivity index (χ0) is 92.6. The second-order valence-electron chi connectivity index (χ2n) is 38.2. The van der Waals surface area contributed by atoms with E-state index in [1.54, 1.807) is 0 Å². The molecule has 8 rings (SSSR count). The number of hydrogen-bond donors (Lipinski definition) is 13. The second-order valence-corrected chi connectivity index (χ2v) is 38.2. The number of aliphatic hydroxyl groups excluding tert-OH is 9. The van der Waals surface area contributed by atoms with Crippen molar-refractivity contribution in [2.45, 2.75) is 344 Å². The van der Waals surface area contributed by atoms with Gasteiger partial charge >= 0.3 is 23.9 Å². The van der Waals surface area contributed by atoms with Crippen molar-refractivity contribution in [3.05, 3.63) is 95.2 Å². The molecular formula is C99H162N4O21. The standard InChI is InChI=1S/C26H43NO5.C25H41NO5.C24H39NO6.C24H39NO5/c1-7-26(4,5)25(31)32-22-13-16(2)12-18-9-8-17(3)21(24(18)22)11-10-19(28)14-20(29)15-23(30)27-6;1-6-16(3)25(30)31-22-12-15(2)11-18-8-7-17(4)21(24(18)22)10-9-19(27)13-20(28)14-23(29)26-5;1-5-14(2)24(30)31-21-12-18(27)10-16-7-6-15(3)20(23(16)21)9-8-17(26)11-19(28)13-22(29)25-4;1-5-15(2)24(29)30-21-8-6-7-17-10-9-16(3)20(23(17)21)12-11-18(26)13-19(27)14-22(28)25-4/h8-9,12,16-17,19-22,24,28-29H,7,10-11,13-15H2,1-6H3,(H,27,30);7-8,11,15-17,19-22,24,27-28H,6,9-10,12-14H2,1-5H3,(H,26,29);6-7,10,14-15,17-21,23,26-28H,5,8-9,11-13H2,1-4H3,(H,25,29);7,9-10,15-16,18-21,23,26-27H,5-6,8,11-14H2,1-4H3,(H,25,28)/t16-,17-,19+,20+,21-,22-,24-;15-,16?,17-,19+,20+,21-,22-,24-;14?,15-,17+,18+,19+,20-,21-,23-;15?,16-,18+,19+,20-,21-,23-/m0000/s1. The number of carbonyl (C=O) groups is 8. The average Bonchev–Trinajstić information content (AvgIpc) is 0.803. The van der Waals surface area contributed by atoms with Crippen LogP contribution in [-0.2, 0) is 57.3 Å². The van der Waals surface area contributed by atoms with Crippen LogP contribution in [0, 0.1) is 106 Å². The number of allylic oxidation sites excluding steroid dienone is 11. The van der Waals surface area contributed by atoms with Gasteiger partial charge in [-0.2, -0.15) is 0 Å². The van der Waals surface area contributed by atoms with Crippen molar-refractivity contribution < 1.29 is 103 Å². The first-order chi connectivity index (χ1) is 58.5. The van der Waals surface area contributed by atoms with Crippen LogP contribution < -0.4 is 21.3 Å². The molecule has 8 aliphatic carbocycles. The van der Waals surface area contributed by atoms with Gasteiger partial charge in [0.05, 0.1) is 104 Å². The van der Waals surface area contributed by atoms with E-state index in [0.29, 0.717) is 74.5 Å². The van der Waals surface area contributed by atoms with Crippen molar-refractivity contribution in [3.63, 3.8) is 0 Å². The van der Waals surface area contributed by atoms with Crippen LogP contribution in [-0.4, -0.2) is 201 Å². The molecule has 0 saturated heterocycles. The first kappa shape index (κ1) is 108. The van der Waals surface area contributed by atoms with Crippen molar-refractivity contribution in [2.75, 3.05) is 28.2 Å². The van der Waals surface area contributed by atoms with E-state index in [1.165, 1.54) is 44.9 Å². The molecule has 0 aromatic carbocycles. The van der Waals surface area contributed by atoms with Crippen molar-refractivity contribution >= 4 is 47.5 Å². The van der Waals surface area contributed by atoms with Gasteiger partial charge in [0.2, 0.25) is 23.6 Å². The molecule has 0 spiro atoms. The Morgan fingerprint density at radius 2 is 0.669 bits per heavy atom. The van der Waals surface area contributed by atoms with Crippen molar-refractivity contribution in [3.8, 4) is 0 Å². The first-order valence-corrected chi connectivity index (χ1v) is 46.9. The molecule has 30 atom stereocenters. The second kappa shape index (κ2) is 53.3. The monoisotopic (exact) mass is 1740 g/mol. The van der Waals surface area contributed by atoms with Gasteiger partial charge in [0.25, 0.3) is 0 Å². The average molecular weight is 1740 g/mol. The third-order valence-electron chi connectivity index (χ3n) is 27.8. The molecule has 704 valence electrons. The summed E-state index contributed by atoms with van der Waals surface area (Å²) in [5.41, 5.74) is 4.18. The van der Waals surface area contributed by atoms with E-state index in [4.69, 9.17) is 18.9 Å². The summed E-state index contributed by atoms with van der Waals surface area (Å²) in [6, 6.07) is 0. The van der Waals surface area contributed by atoms with E-state index in [1.807, 2.05) is 74.5 Å². The van der Waals surface area contributed by atoms with E-state index in [9.17, 15) is 84.3 Å². The lowest BCUT2D eigenvalue weighted by Crippen LogP contribution is -2.43. The molecule has 0 heterocycles. The summed E-state index contributed by atoms with van der Waals surface area (Å²) < 4.78 is 24.0. The number of esters is 4. The third-order valence-corrected chi connectivity index (χ3v) is 27.8. The van der Waals surface area contributed by atoms with Gasteiger partial charge in [-0.1, -0.05) is 163 Å². The molecule has 25 heteroatoms. The van der Waals surface area contributed by atoms with Crippen LogP contribution in [0.15, 0.2) is 95.2 Å². The summed E-state index contributed by atoms with van der Waals surface area (Å²) >= 11 is 0. The Hall–Kier alpha value is -6.68. The number of ether oxygens (including phenoxy) is 4. The van der Waals surface area contributed by atoms with Crippen LogP contribution in [0.25, 0.3) is 0 Å². The van der Waals surface area contributed by atoms with Crippen molar-refractivity contribution in [1.29, 1.82) is 0 Å². The maximum Gasteiger partial charge on any atom is 0.311 e. The predicted molar refractivity (Wildman–Crippen MR) is 481 cm³/mol. The van der Waals surface area contributed by atoms with Gasteiger partial charge in [-0.25, -0.2) is 0 Å². The first-order valence-electron chi connectivity index (χ1n) is 46.9. The van der Waals surface area contributed by atoms with Gasteiger partial charge in [-0.05, 0) is 224 Å². The minimum Gasteiger partial charge on any atom is -0.461 e. The fourth-order valence-electron chi connectivity index (χ4n) is 19.0. The van der Waals surface area contributed by atoms with Crippen LogP contribution in [0.4, 0.5) is 0 Å². The van der Waals surface area contributed by atoms with Crippen LogP contribution in [0.3, 0.4) is 0 Å². The topological polar surface area (TPSA) is 404 Å². The Labute approximate surface area is 741 Å². The SMILES string of the molecule is CCC(C)(C)C(=O)O[C@H]1C[C@@H](C)C=C2C=C[C@H](C)[C@H](CC[C@@H](O)C[C@@H](O)CC(=O)NC)[C@H]21.CCC(C)C(=O)O[C@H]1CCC=C2C=C[C@H](C)[C@H](CC[C@@H](O)C[C@@H](O)CC(=O)NC)[C@H]21.CCC(C)C(=O)O[C@H]1C[C@@H](C)C=C2C=C[C@H](C)[C@H](CC[C@@H](O)C[C@@H](O)CC(=O)NC)[C@H]21.CCC(C)C(=O)O[C@H]1C[C@H](O)C=C2C=C[C@H](C)[C@H](CC[C@@H](O)C[C@@H](O)CC(=O)NC)[C@H]21. The minimum absolute atomic E-state index is 0.000716. The Bertz CT molecular complexity index is 3510. The maximum atomic E-state index is 12.9. The highest BCUT2D eigenvalue weighted by molar-refractivity contribution is 5.78. The number of fused-ring (bicyclic) bond motifs is 4. The molecule has 8 aliphatic rings. The fourth-order valence-corrected chi connectivity index (χ4v) is 19.0. The molecule has 25 nitrogen and oxygen atoms in total. The molecule has 0 aromatic heterocycles. The molecule has 3 unspecified atom stereocenters. The molecule has 0 bridgehead atoms. The lowest BCUT2D eigenvalue weighted by Gasteiger charge is -2.44. The third kappa shape index (κ3) is 34.1. The molecule has 0 radical (unpaired) electrons. The van der Waals surface area contributed by atoms with Crippen molar-refractivity contribution in [2.24, 2.45) is 106 Å². The summed E-state index contributed by atoms with van der Waals surface area (Å²) in [7, 11) is 6.11. The zero-order valence-corrected chi connectivity index (χ0v) is 78.4. The van der Waals surface area contributed by atoms with Gasteiger partial charge in [0.15, 0.2) is 0 Å². The van der Waals surface area contributed by atoms with Gasteiger partial charge in [0.1, 0.15) is 24.4 Å². The summed E-state index contributed by atoms with van der Waals surface area (Å²) in [5, 5.41) is 102. The van der Waals surface area contributed by atoms with E-state index in [-0.39, 0.29) is 188 Å². The molecule has 13 N–H and O–H groups in total. The number of amides is 4. The van der Waals surface area contributed by atoms with Gasteiger partial charge in [-0.3, -0.25) is 38.4 Å². The molecule has 0 fully saturated rings. The van der Waals surface area contributed by atoms with Crippen molar-refractivity contribution in [1.82, 2.24) is 21.3 Å². The van der Waals surface area contributed by atoms with E-state index >= 15 is 0 Å². The highest BCUT2D eigenvalue weighted by Gasteiger charge is 2.47. The van der Waals surface area contributed by atoms with Crippen LogP contribution in [0.1, 0.15) is 264 Å². The molecule has 124 heavy (non-hydrogen) atoms. The Morgan fingerprint density at radius 3 is 0.968 bits per heavy atom. The largest absolute Gasteiger partial charge is 0.461 e. The smallest absolute Gasteiger partial charge is 0.311 e. The summed E-state index contributed by atoms with van der Waals surface area (Å²) in [5.74, 6) is 1.14. The van der Waals surface area contributed by atoms with E-state index in [0.717, 1.165) is 69.8 Å². The summed E-state index contributed by atoms with van der Waals surface area (Å²) in [6.07, 6.45) is 30.7. The number of carbonyl (C=O) groups excluding carboxylic acids is 8. The summed E-state index contributed by atoms with van der Waals surface area (Å²) in [6.45, 7) is 30.4. The minimum atomic E-state index is -0.886. The quantitative estimate of drug-likeness (QED) is 0.0200. The van der Waals surface area contributed by atoms with E-state index < -0.39 is 66.5 Å². The van der Waals surface area contributed by atoms with Gasteiger partial charge < -0.3 is 86.2 Å².